The highest BCUT2D eigenvalue weighted by Gasteiger charge is 2.21. The molecule has 110 valence electrons. The number of primary amides is 1. The molecular weight excluding hydrogens is 270 g/mol. The van der Waals surface area contributed by atoms with E-state index in [1.807, 2.05) is 17.8 Å². The molecule has 20 heavy (non-hydrogen) atoms. The van der Waals surface area contributed by atoms with Crippen LogP contribution in [0.3, 0.4) is 0 Å². The fraction of sp³-hybridized carbons (Fsp3) is 0.533. The molecule has 1 aromatic rings. The predicted octanol–water partition coefficient (Wildman–Crippen LogP) is 1.32. The van der Waals surface area contributed by atoms with E-state index >= 15 is 0 Å². The predicted molar refractivity (Wildman–Crippen MR) is 83.8 cm³/mol. The van der Waals surface area contributed by atoms with Crippen molar-refractivity contribution in [3.05, 3.63) is 30.3 Å². The average molecular weight is 293 g/mol. The zero-order chi connectivity index (χ0) is 14.2. The lowest BCUT2D eigenvalue weighted by atomic mass is 10.0. The molecule has 0 unspecified atom stereocenters. The van der Waals surface area contributed by atoms with Crippen molar-refractivity contribution in [3.8, 4) is 0 Å². The van der Waals surface area contributed by atoms with Crippen LogP contribution in [0.4, 0.5) is 0 Å². The van der Waals surface area contributed by atoms with Gasteiger partial charge in [-0.15, -0.1) is 11.8 Å². The molecule has 0 spiro atoms. The maximum atomic E-state index is 11.2. The Morgan fingerprint density at radius 2 is 2.00 bits per heavy atom. The van der Waals surface area contributed by atoms with Crippen molar-refractivity contribution in [2.45, 2.75) is 23.8 Å². The number of carbonyl (C=O) groups excluding carboxylic acids is 1. The number of piperidine rings is 1. The van der Waals surface area contributed by atoms with Gasteiger partial charge in [0.1, 0.15) is 0 Å². The van der Waals surface area contributed by atoms with E-state index in [0.29, 0.717) is 12.6 Å². The molecule has 0 aliphatic carbocycles. The Labute approximate surface area is 125 Å². The number of nitrogens with two attached hydrogens (primary N) is 1. The van der Waals surface area contributed by atoms with Crippen LogP contribution in [-0.2, 0) is 4.79 Å². The Kier molecular flexibility index (Phi) is 6.36. The third-order valence-corrected chi connectivity index (χ3v) is 4.57. The Bertz CT molecular complexity index is 407. The van der Waals surface area contributed by atoms with Crippen LogP contribution in [-0.4, -0.2) is 48.8 Å². The Hall–Kier alpha value is -1.04. The smallest absolute Gasteiger partial charge is 0.231 e. The highest BCUT2D eigenvalue weighted by Crippen LogP contribution is 2.18. The van der Waals surface area contributed by atoms with E-state index in [4.69, 9.17) is 5.73 Å². The van der Waals surface area contributed by atoms with E-state index in [-0.39, 0.29) is 5.91 Å². The molecule has 0 atom stereocenters. The van der Waals surface area contributed by atoms with Crippen molar-refractivity contribution in [2.24, 2.45) is 5.73 Å². The second-order valence-electron chi connectivity index (χ2n) is 5.08. The van der Waals surface area contributed by atoms with Gasteiger partial charge in [0, 0.05) is 23.2 Å². The number of hydrogen-bond acceptors (Lipinski definition) is 4. The Balaban J connectivity index is 1.82. The summed E-state index contributed by atoms with van der Waals surface area (Å²) in [5, 5.41) is 3.36. The van der Waals surface area contributed by atoms with Crippen molar-refractivity contribution in [1.82, 2.24) is 10.2 Å². The largest absolute Gasteiger partial charge is 0.369 e. The van der Waals surface area contributed by atoms with Gasteiger partial charge in [0.05, 0.1) is 6.54 Å². The van der Waals surface area contributed by atoms with Gasteiger partial charge in [-0.3, -0.25) is 9.69 Å². The molecule has 1 aliphatic rings. The van der Waals surface area contributed by atoms with Crippen molar-refractivity contribution in [1.29, 1.82) is 0 Å². The first kappa shape index (κ1) is 15.4. The third kappa shape index (κ3) is 5.15. The summed E-state index contributed by atoms with van der Waals surface area (Å²) in [4.78, 5) is 14.8. The quantitative estimate of drug-likeness (QED) is 0.745. The summed E-state index contributed by atoms with van der Waals surface area (Å²) in [6.45, 7) is 3.35. The average Bonchev–Trinajstić information content (AvgIpc) is 2.48. The molecule has 1 heterocycles. The highest BCUT2D eigenvalue weighted by atomic mass is 32.2. The number of rotatable bonds is 7. The van der Waals surface area contributed by atoms with Crippen LogP contribution >= 0.6 is 11.8 Å². The molecule has 1 saturated heterocycles. The van der Waals surface area contributed by atoms with Crippen LogP contribution in [0.5, 0.6) is 0 Å². The van der Waals surface area contributed by atoms with Crippen molar-refractivity contribution < 1.29 is 4.79 Å². The zero-order valence-corrected chi connectivity index (χ0v) is 12.6. The maximum absolute atomic E-state index is 11.2. The summed E-state index contributed by atoms with van der Waals surface area (Å²) in [7, 11) is 0. The Morgan fingerprint density at radius 3 is 2.65 bits per heavy atom. The van der Waals surface area contributed by atoms with Gasteiger partial charge in [0.15, 0.2) is 0 Å². The van der Waals surface area contributed by atoms with Gasteiger partial charge in [-0.2, -0.15) is 0 Å². The van der Waals surface area contributed by atoms with Gasteiger partial charge in [-0.1, -0.05) is 18.2 Å². The van der Waals surface area contributed by atoms with Gasteiger partial charge in [-0.05, 0) is 38.1 Å². The van der Waals surface area contributed by atoms with E-state index in [1.165, 1.54) is 4.90 Å². The summed E-state index contributed by atoms with van der Waals surface area (Å²) in [5.74, 6) is 0.759. The van der Waals surface area contributed by atoms with E-state index in [1.54, 1.807) is 0 Å². The SMILES string of the molecule is NC(=O)CN(CCSc1ccccc1)C1CCNCC1. The molecule has 2 rings (SSSR count). The molecule has 3 N–H and O–H groups in total. The van der Waals surface area contributed by atoms with E-state index in [9.17, 15) is 4.79 Å². The second-order valence-corrected chi connectivity index (χ2v) is 6.25. The number of nitrogens with zero attached hydrogens (tertiary/aromatic N) is 1. The van der Waals surface area contributed by atoms with Crippen LogP contribution in [0.2, 0.25) is 0 Å². The molecule has 0 aromatic heterocycles. The number of carbonyl (C=O) groups is 1. The number of hydrogen-bond donors (Lipinski definition) is 2. The Morgan fingerprint density at radius 1 is 1.30 bits per heavy atom. The number of benzene rings is 1. The van der Waals surface area contributed by atoms with Crippen molar-refractivity contribution in [3.63, 3.8) is 0 Å². The molecule has 5 heteroatoms. The summed E-state index contributed by atoms with van der Waals surface area (Å²) < 4.78 is 0. The van der Waals surface area contributed by atoms with Gasteiger partial charge in [-0.25, -0.2) is 0 Å². The number of thioether (sulfide) groups is 1. The number of amides is 1. The molecule has 1 fully saturated rings. The monoisotopic (exact) mass is 293 g/mol. The second kappa shape index (κ2) is 8.29. The lowest BCUT2D eigenvalue weighted by Gasteiger charge is -2.33. The van der Waals surface area contributed by atoms with E-state index < -0.39 is 0 Å². The van der Waals surface area contributed by atoms with Crippen LogP contribution < -0.4 is 11.1 Å². The summed E-state index contributed by atoms with van der Waals surface area (Å²) in [5.41, 5.74) is 5.38. The first-order valence-corrected chi connectivity index (χ1v) is 8.15. The molecule has 0 bridgehead atoms. The number of nitrogens with one attached hydrogen (secondary N) is 1. The van der Waals surface area contributed by atoms with Crippen LogP contribution in [0.1, 0.15) is 12.8 Å². The topological polar surface area (TPSA) is 58.4 Å². The van der Waals surface area contributed by atoms with E-state index in [0.717, 1.165) is 38.2 Å². The van der Waals surface area contributed by atoms with Crippen LogP contribution in [0, 0.1) is 0 Å². The third-order valence-electron chi connectivity index (χ3n) is 3.57. The molecular formula is C15H23N3OS. The minimum absolute atomic E-state index is 0.228. The van der Waals surface area contributed by atoms with Gasteiger partial charge >= 0.3 is 0 Å². The van der Waals surface area contributed by atoms with Crippen LogP contribution in [0.25, 0.3) is 0 Å². The summed E-state index contributed by atoms with van der Waals surface area (Å²) >= 11 is 1.83. The minimum atomic E-state index is -0.228. The molecule has 4 nitrogen and oxygen atoms in total. The minimum Gasteiger partial charge on any atom is -0.369 e. The zero-order valence-electron chi connectivity index (χ0n) is 11.8. The molecule has 1 amide bonds. The van der Waals surface area contributed by atoms with Crippen molar-refractivity contribution in [2.75, 3.05) is 31.9 Å². The molecule has 1 aliphatic heterocycles. The molecule has 1 aromatic carbocycles. The van der Waals surface area contributed by atoms with E-state index in [2.05, 4.69) is 34.5 Å². The first-order valence-electron chi connectivity index (χ1n) is 7.16. The van der Waals surface area contributed by atoms with Gasteiger partial charge < -0.3 is 11.1 Å². The van der Waals surface area contributed by atoms with Crippen molar-refractivity contribution >= 4 is 17.7 Å². The molecule has 0 saturated carbocycles. The standard InChI is InChI=1S/C15H23N3OS/c16-15(19)12-18(13-6-8-17-9-7-13)10-11-20-14-4-2-1-3-5-14/h1-5,13,17H,6-12H2,(H2,16,19). The first-order chi connectivity index (χ1) is 9.75. The normalized spacial score (nSPS) is 16.4. The summed E-state index contributed by atoms with van der Waals surface area (Å²) in [6.07, 6.45) is 2.20. The highest BCUT2D eigenvalue weighted by molar-refractivity contribution is 7.99. The van der Waals surface area contributed by atoms with Gasteiger partial charge in [0.25, 0.3) is 0 Å². The lowest BCUT2D eigenvalue weighted by molar-refractivity contribution is -0.119. The fourth-order valence-corrected chi connectivity index (χ4v) is 3.47. The summed E-state index contributed by atoms with van der Waals surface area (Å²) in [6, 6.07) is 10.9. The maximum Gasteiger partial charge on any atom is 0.231 e. The van der Waals surface area contributed by atoms with Gasteiger partial charge in [0.2, 0.25) is 5.91 Å². The fourth-order valence-electron chi connectivity index (χ4n) is 2.56. The molecule has 0 radical (unpaired) electrons. The van der Waals surface area contributed by atoms with Crippen LogP contribution in [0.15, 0.2) is 35.2 Å². The lowest BCUT2D eigenvalue weighted by Crippen LogP contribution is -2.47.